The molecule has 1 aromatic carbocycles. The number of aryl methyl sites for hydroxylation is 1. The van der Waals surface area contributed by atoms with Crippen LogP contribution in [0.5, 0.6) is 0 Å². The first-order valence-corrected chi connectivity index (χ1v) is 7.83. The van der Waals surface area contributed by atoms with E-state index in [1.165, 1.54) is 17.7 Å². The van der Waals surface area contributed by atoms with Crippen molar-refractivity contribution in [3.05, 3.63) is 57.5 Å². The van der Waals surface area contributed by atoms with Crippen molar-refractivity contribution in [2.45, 2.75) is 46.6 Å². The molecule has 2 rings (SSSR count). The lowest BCUT2D eigenvalue weighted by Crippen LogP contribution is -2.06. The van der Waals surface area contributed by atoms with Gasteiger partial charge in [-0.05, 0) is 42.5 Å². The number of rotatable bonds is 5. The van der Waals surface area contributed by atoms with Crippen LogP contribution in [0.1, 0.15) is 49.8 Å². The van der Waals surface area contributed by atoms with Crippen LogP contribution in [-0.4, -0.2) is 5.97 Å². The minimum Gasteiger partial charge on any atom is -0.458 e. The number of esters is 1. The Balaban J connectivity index is 2.42. The quantitative estimate of drug-likeness (QED) is 0.471. The minimum absolute atomic E-state index is 0.0512. The first-order chi connectivity index (χ1) is 10.9. The highest BCUT2D eigenvalue weighted by Gasteiger charge is 2.12. The molecule has 0 amide bonds. The molecule has 1 heterocycles. The van der Waals surface area contributed by atoms with Gasteiger partial charge in [-0.2, -0.15) is 0 Å². The lowest BCUT2D eigenvalue weighted by Gasteiger charge is -2.13. The third-order valence-corrected chi connectivity index (χ3v) is 3.70. The second-order valence-electron chi connectivity index (χ2n) is 5.87. The van der Waals surface area contributed by atoms with E-state index in [1.54, 1.807) is 6.08 Å². The summed E-state index contributed by atoms with van der Waals surface area (Å²) < 4.78 is 10.5. The topological polar surface area (TPSA) is 56.5 Å². The van der Waals surface area contributed by atoms with Gasteiger partial charge in [0.2, 0.25) is 0 Å². The van der Waals surface area contributed by atoms with Crippen molar-refractivity contribution in [2.75, 3.05) is 0 Å². The minimum atomic E-state index is -0.440. The molecule has 0 spiro atoms. The molecule has 0 aliphatic carbocycles. The van der Waals surface area contributed by atoms with Gasteiger partial charge in [-0.1, -0.05) is 26.8 Å². The molecular formula is C19H22O4. The maximum atomic E-state index is 11.7. The highest BCUT2D eigenvalue weighted by Crippen LogP contribution is 2.27. The van der Waals surface area contributed by atoms with Gasteiger partial charge in [-0.15, -0.1) is 0 Å². The van der Waals surface area contributed by atoms with E-state index in [0.717, 1.165) is 17.4 Å². The van der Waals surface area contributed by atoms with Crippen LogP contribution in [0.25, 0.3) is 11.0 Å². The fourth-order valence-corrected chi connectivity index (χ4v) is 2.54. The molecule has 23 heavy (non-hydrogen) atoms. The molecule has 0 bridgehead atoms. The first-order valence-electron chi connectivity index (χ1n) is 7.83. The molecule has 122 valence electrons. The van der Waals surface area contributed by atoms with Gasteiger partial charge in [0.15, 0.2) is 0 Å². The Bertz CT molecular complexity index is 797. The van der Waals surface area contributed by atoms with E-state index in [-0.39, 0.29) is 6.61 Å². The number of ether oxygens (including phenoxy) is 1. The predicted octanol–water partition coefficient (Wildman–Crippen LogP) is 4.23. The van der Waals surface area contributed by atoms with Crippen LogP contribution in [0.3, 0.4) is 0 Å². The molecule has 0 saturated carbocycles. The Morgan fingerprint density at radius 2 is 2.04 bits per heavy atom. The predicted molar refractivity (Wildman–Crippen MR) is 90.5 cm³/mol. The first kappa shape index (κ1) is 17.0. The van der Waals surface area contributed by atoms with Gasteiger partial charge in [0, 0.05) is 23.1 Å². The van der Waals surface area contributed by atoms with Crippen molar-refractivity contribution >= 4 is 16.9 Å². The third kappa shape index (κ3) is 4.09. The van der Waals surface area contributed by atoms with Crippen molar-refractivity contribution in [2.24, 2.45) is 0 Å². The number of fused-ring (bicyclic) bond motifs is 1. The molecule has 0 aliphatic rings. The molecule has 0 saturated heterocycles. The Morgan fingerprint density at radius 1 is 1.30 bits per heavy atom. The zero-order valence-electron chi connectivity index (χ0n) is 14.0. The summed E-state index contributed by atoms with van der Waals surface area (Å²) in [6, 6.07) is 5.27. The van der Waals surface area contributed by atoms with Crippen LogP contribution in [0.2, 0.25) is 0 Å². The SMILES string of the molecule is CC/C=C/C(=O)OCc1cc(=O)oc2cc(C)c(C(C)C)cc12. The van der Waals surface area contributed by atoms with Gasteiger partial charge < -0.3 is 9.15 Å². The van der Waals surface area contributed by atoms with E-state index in [2.05, 4.69) is 13.8 Å². The molecule has 0 unspecified atom stereocenters. The summed E-state index contributed by atoms with van der Waals surface area (Å²) in [5.74, 6) is -0.0568. The standard InChI is InChI=1S/C19H22O4/c1-5-6-7-18(20)22-11-14-9-19(21)23-17-8-13(4)15(12(2)3)10-16(14)17/h6-10,12H,5,11H2,1-4H3/b7-6+. The zero-order chi connectivity index (χ0) is 17.0. The zero-order valence-corrected chi connectivity index (χ0v) is 14.0. The maximum Gasteiger partial charge on any atom is 0.336 e. The van der Waals surface area contributed by atoms with E-state index < -0.39 is 11.6 Å². The summed E-state index contributed by atoms with van der Waals surface area (Å²) in [6.07, 6.45) is 3.90. The average Bonchev–Trinajstić information content (AvgIpc) is 2.49. The van der Waals surface area contributed by atoms with Crippen LogP contribution in [0.15, 0.2) is 39.6 Å². The number of allylic oxidation sites excluding steroid dienone is 1. The Morgan fingerprint density at radius 3 is 2.70 bits per heavy atom. The van der Waals surface area contributed by atoms with Crippen molar-refractivity contribution < 1.29 is 13.9 Å². The molecule has 1 aromatic heterocycles. The number of carbonyl (C=O) groups excluding carboxylic acids is 1. The monoisotopic (exact) mass is 314 g/mol. The highest BCUT2D eigenvalue weighted by molar-refractivity contribution is 5.84. The molecule has 4 nitrogen and oxygen atoms in total. The van der Waals surface area contributed by atoms with Gasteiger partial charge >= 0.3 is 11.6 Å². The summed E-state index contributed by atoms with van der Waals surface area (Å²) in [7, 11) is 0. The molecule has 2 aromatic rings. The van der Waals surface area contributed by atoms with Gasteiger partial charge in [-0.25, -0.2) is 9.59 Å². The number of hydrogen-bond acceptors (Lipinski definition) is 4. The summed E-state index contributed by atoms with van der Waals surface area (Å²) in [4.78, 5) is 23.3. The van der Waals surface area contributed by atoms with Crippen molar-refractivity contribution in [1.29, 1.82) is 0 Å². The summed E-state index contributed by atoms with van der Waals surface area (Å²) >= 11 is 0. The normalized spacial score (nSPS) is 11.5. The fourth-order valence-electron chi connectivity index (χ4n) is 2.54. The van der Waals surface area contributed by atoms with E-state index in [1.807, 2.05) is 26.0 Å². The summed E-state index contributed by atoms with van der Waals surface area (Å²) in [5.41, 5.74) is 3.01. The Kier molecular flexibility index (Phi) is 5.37. The van der Waals surface area contributed by atoms with Gasteiger partial charge in [-0.3, -0.25) is 0 Å². The fraction of sp³-hybridized carbons (Fsp3) is 0.368. The van der Waals surface area contributed by atoms with Gasteiger partial charge in [0.1, 0.15) is 12.2 Å². The van der Waals surface area contributed by atoms with Crippen molar-refractivity contribution in [3.63, 3.8) is 0 Å². The average molecular weight is 314 g/mol. The molecule has 0 atom stereocenters. The van der Waals surface area contributed by atoms with Gasteiger partial charge in [0.25, 0.3) is 0 Å². The summed E-state index contributed by atoms with van der Waals surface area (Å²) in [6.45, 7) is 8.22. The Labute approximate surface area is 135 Å². The van der Waals surface area contributed by atoms with Crippen LogP contribution in [0.4, 0.5) is 0 Å². The largest absolute Gasteiger partial charge is 0.458 e. The molecule has 0 radical (unpaired) electrons. The smallest absolute Gasteiger partial charge is 0.336 e. The Hall–Kier alpha value is -2.36. The maximum absolute atomic E-state index is 11.7. The molecule has 0 fully saturated rings. The molecule has 4 heteroatoms. The van der Waals surface area contributed by atoms with Crippen LogP contribution < -0.4 is 5.63 Å². The number of carbonyl (C=O) groups is 1. The van der Waals surface area contributed by atoms with Gasteiger partial charge in [0.05, 0.1) is 0 Å². The molecule has 0 N–H and O–H groups in total. The second-order valence-corrected chi connectivity index (χ2v) is 5.87. The molecule has 0 aliphatic heterocycles. The number of hydrogen-bond donors (Lipinski definition) is 0. The van der Waals surface area contributed by atoms with Crippen LogP contribution in [0, 0.1) is 6.92 Å². The van der Waals surface area contributed by atoms with E-state index >= 15 is 0 Å². The van der Waals surface area contributed by atoms with Crippen molar-refractivity contribution in [1.82, 2.24) is 0 Å². The lowest BCUT2D eigenvalue weighted by atomic mass is 9.95. The summed E-state index contributed by atoms with van der Waals surface area (Å²) in [5, 5.41) is 0.811. The highest BCUT2D eigenvalue weighted by atomic mass is 16.5. The van der Waals surface area contributed by atoms with Crippen molar-refractivity contribution in [3.8, 4) is 0 Å². The van der Waals surface area contributed by atoms with E-state index in [0.29, 0.717) is 17.1 Å². The lowest BCUT2D eigenvalue weighted by molar-refractivity contribution is -0.138. The van der Waals surface area contributed by atoms with E-state index in [9.17, 15) is 9.59 Å². The van der Waals surface area contributed by atoms with Crippen LogP contribution >= 0.6 is 0 Å². The third-order valence-electron chi connectivity index (χ3n) is 3.70. The molecular weight excluding hydrogens is 292 g/mol. The number of benzene rings is 1. The second kappa shape index (κ2) is 7.27. The van der Waals surface area contributed by atoms with E-state index in [4.69, 9.17) is 9.15 Å². The van der Waals surface area contributed by atoms with Crippen LogP contribution in [-0.2, 0) is 16.1 Å².